The van der Waals surface area contributed by atoms with E-state index in [-0.39, 0.29) is 23.0 Å². The number of nitrogens with zero attached hydrogens (tertiary/aromatic N) is 8. The van der Waals surface area contributed by atoms with Crippen LogP contribution in [-0.2, 0) is 17.5 Å². The van der Waals surface area contributed by atoms with Gasteiger partial charge in [-0.15, -0.1) is 0 Å². The summed E-state index contributed by atoms with van der Waals surface area (Å²) in [5, 5.41) is 4.93. The summed E-state index contributed by atoms with van der Waals surface area (Å²) in [6.45, 7) is 7.06. The van der Waals surface area contributed by atoms with E-state index in [0.717, 1.165) is 31.7 Å². The molecule has 198 valence electrons. The fourth-order valence-corrected chi connectivity index (χ4v) is 5.81. The zero-order valence-corrected chi connectivity index (χ0v) is 20.8. The molecule has 3 aliphatic heterocycles. The first-order chi connectivity index (χ1) is 17.7. The van der Waals surface area contributed by atoms with E-state index >= 15 is 0 Å². The highest BCUT2D eigenvalue weighted by Crippen LogP contribution is 2.43. The maximum Gasteiger partial charge on any atom is 0.433 e. The molecule has 3 aromatic rings. The first-order valence-corrected chi connectivity index (χ1v) is 12.7. The first kappa shape index (κ1) is 24.1. The molecule has 6 rings (SSSR count). The van der Waals surface area contributed by atoms with Crippen molar-refractivity contribution in [1.29, 1.82) is 0 Å². The third kappa shape index (κ3) is 4.12. The monoisotopic (exact) mass is 518 g/mol. The second kappa shape index (κ2) is 8.67. The fourth-order valence-electron chi connectivity index (χ4n) is 5.81. The number of aromatic nitrogens is 6. The number of alkyl halides is 3. The predicted octanol–water partition coefficient (Wildman–Crippen LogP) is 3.15. The molecule has 13 heteroatoms. The van der Waals surface area contributed by atoms with Crippen molar-refractivity contribution in [2.24, 2.45) is 5.41 Å². The number of anilines is 2. The minimum Gasteiger partial charge on any atom is -0.356 e. The average molecular weight is 519 g/mol. The lowest BCUT2D eigenvalue weighted by molar-refractivity contribution is -0.141. The second-order valence-electron chi connectivity index (χ2n) is 10.3. The Kier molecular flexibility index (Phi) is 5.66. The van der Waals surface area contributed by atoms with Crippen molar-refractivity contribution in [3.63, 3.8) is 0 Å². The molecule has 0 radical (unpaired) electrons. The van der Waals surface area contributed by atoms with Gasteiger partial charge in [-0.25, -0.2) is 14.6 Å². The highest BCUT2D eigenvalue weighted by Gasteiger charge is 2.49. The van der Waals surface area contributed by atoms with Crippen molar-refractivity contribution in [1.82, 2.24) is 29.3 Å². The largest absolute Gasteiger partial charge is 0.433 e. The van der Waals surface area contributed by atoms with Crippen molar-refractivity contribution < 1.29 is 17.9 Å². The quantitative estimate of drug-likeness (QED) is 0.520. The van der Waals surface area contributed by atoms with Gasteiger partial charge in [-0.2, -0.15) is 23.3 Å². The lowest BCUT2D eigenvalue weighted by Gasteiger charge is -2.48. The molecule has 3 aliphatic rings. The minimum absolute atomic E-state index is 0.0989. The fraction of sp³-hybridized carbons (Fsp3) is 0.625. The Morgan fingerprint density at radius 2 is 1.92 bits per heavy atom. The van der Waals surface area contributed by atoms with E-state index in [9.17, 15) is 18.0 Å². The Morgan fingerprint density at radius 1 is 1.14 bits per heavy atom. The number of fused-ring (bicyclic) bond motifs is 1. The summed E-state index contributed by atoms with van der Waals surface area (Å²) in [6, 6.07) is 1.02. The highest BCUT2D eigenvalue weighted by atomic mass is 19.4. The topological polar surface area (TPSA) is 94.2 Å². The Bertz CT molecular complexity index is 1390. The molecule has 3 aromatic heterocycles. The zero-order valence-electron chi connectivity index (χ0n) is 20.8. The van der Waals surface area contributed by atoms with Crippen LogP contribution in [0.1, 0.15) is 50.4 Å². The molecular weight excluding hydrogens is 489 g/mol. The molecule has 0 amide bonds. The van der Waals surface area contributed by atoms with Gasteiger partial charge < -0.3 is 14.5 Å². The van der Waals surface area contributed by atoms with Crippen molar-refractivity contribution in [2.75, 3.05) is 42.6 Å². The zero-order chi connectivity index (χ0) is 25.9. The minimum atomic E-state index is -4.52. The molecule has 10 nitrogen and oxygen atoms in total. The van der Waals surface area contributed by atoms with Crippen LogP contribution in [0.5, 0.6) is 0 Å². The molecule has 1 spiro atoms. The van der Waals surface area contributed by atoms with Gasteiger partial charge in [-0.05, 0) is 39.5 Å². The third-order valence-electron chi connectivity index (χ3n) is 7.65. The van der Waals surface area contributed by atoms with Crippen LogP contribution in [0.25, 0.3) is 11.0 Å². The molecule has 0 saturated carbocycles. The van der Waals surface area contributed by atoms with Gasteiger partial charge in [0.25, 0.3) is 5.56 Å². The maximum atomic E-state index is 13.3. The van der Waals surface area contributed by atoms with Crippen LogP contribution in [0.15, 0.2) is 17.1 Å². The Hall–Kier alpha value is -3.22. The molecule has 1 unspecified atom stereocenters. The van der Waals surface area contributed by atoms with Gasteiger partial charge in [0.2, 0.25) is 5.95 Å². The van der Waals surface area contributed by atoms with E-state index in [4.69, 9.17) is 9.72 Å². The SMILES string of the molecule is CCn1c(N2CCC3(CN(c4cc(C(F)(F)F)nc(C)n4)C3)C2)nc2c(cnn2C2CCCCO2)c1=O. The van der Waals surface area contributed by atoms with Gasteiger partial charge in [-0.1, -0.05) is 0 Å². The van der Waals surface area contributed by atoms with Crippen LogP contribution >= 0.6 is 0 Å². The predicted molar refractivity (Wildman–Crippen MR) is 130 cm³/mol. The van der Waals surface area contributed by atoms with Crippen molar-refractivity contribution in [3.8, 4) is 0 Å². The smallest absolute Gasteiger partial charge is 0.356 e. The first-order valence-electron chi connectivity index (χ1n) is 12.7. The van der Waals surface area contributed by atoms with Gasteiger partial charge >= 0.3 is 6.18 Å². The Morgan fingerprint density at radius 3 is 2.62 bits per heavy atom. The van der Waals surface area contributed by atoms with E-state index in [1.54, 1.807) is 15.4 Å². The van der Waals surface area contributed by atoms with E-state index in [1.165, 1.54) is 6.92 Å². The standard InChI is InChI=1S/C24H29F3N8O2/c1-3-34-21(36)16-11-28-35(19-6-4-5-9-37-19)20(16)31-22(34)32-8-7-23(12-32)13-33(14-23)18-10-17(24(25,26)27)29-15(2)30-18/h10-11,19H,3-9,12-14H2,1-2H3. The summed E-state index contributed by atoms with van der Waals surface area (Å²) in [6.07, 6.45) is 0.549. The molecule has 0 aliphatic carbocycles. The molecule has 0 N–H and O–H groups in total. The number of ether oxygens (including phenoxy) is 1. The van der Waals surface area contributed by atoms with Gasteiger partial charge in [0.05, 0.1) is 6.20 Å². The van der Waals surface area contributed by atoms with Crippen molar-refractivity contribution >= 4 is 22.8 Å². The molecule has 37 heavy (non-hydrogen) atoms. The number of rotatable bonds is 4. The summed E-state index contributed by atoms with van der Waals surface area (Å²) >= 11 is 0. The molecule has 6 heterocycles. The van der Waals surface area contributed by atoms with E-state index in [0.29, 0.717) is 62.1 Å². The van der Waals surface area contributed by atoms with Gasteiger partial charge in [0, 0.05) is 50.8 Å². The van der Waals surface area contributed by atoms with Crippen LogP contribution in [-0.4, -0.2) is 62.1 Å². The molecule has 3 saturated heterocycles. The lowest BCUT2D eigenvalue weighted by Crippen LogP contribution is -2.58. The second-order valence-corrected chi connectivity index (χ2v) is 10.3. The van der Waals surface area contributed by atoms with Gasteiger partial charge in [0.15, 0.2) is 11.9 Å². The van der Waals surface area contributed by atoms with Crippen molar-refractivity contribution in [3.05, 3.63) is 34.1 Å². The van der Waals surface area contributed by atoms with Crippen LogP contribution in [0.2, 0.25) is 0 Å². The number of halogens is 3. The number of aryl methyl sites for hydroxylation is 1. The van der Waals surface area contributed by atoms with Crippen molar-refractivity contribution in [2.45, 2.75) is 58.5 Å². The third-order valence-corrected chi connectivity index (χ3v) is 7.65. The van der Waals surface area contributed by atoms with Crippen LogP contribution in [0.4, 0.5) is 24.9 Å². The summed E-state index contributed by atoms with van der Waals surface area (Å²) in [5.41, 5.74) is -0.622. The average Bonchev–Trinajstić information content (AvgIpc) is 3.48. The summed E-state index contributed by atoms with van der Waals surface area (Å²) in [4.78, 5) is 30.1. The molecule has 0 aromatic carbocycles. The van der Waals surface area contributed by atoms with Crippen LogP contribution < -0.4 is 15.4 Å². The Labute approximate surface area is 211 Å². The lowest BCUT2D eigenvalue weighted by atomic mass is 9.79. The molecular formula is C24H29F3N8O2. The van der Waals surface area contributed by atoms with Gasteiger partial charge in [-0.3, -0.25) is 9.36 Å². The van der Waals surface area contributed by atoms with E-state index in [1.807, 2.05) is 11.8 Å². The van der Waals surface area contributed by atoms with E-state index in [2.05, 4.69) is 20.0 Å². The number of hydrogen-bond acceptors (Lipinski definition) is 8. The summed E-state index contributed by atoms with van der Waals surface area (Å²) < 4.78 is 49.0. The van der Waals surface area contributed by atoms with Crippen LogP contribution in [0, 0.1) is 12.3 Å². The van der Waals surface area contributed by atoms with E-state index < -0.39 is 11.9 Å². The summed E-state index contributed by atoms with van der Waals surface area (Å²) in [5.74, 6) is 0.997. The molecule has 0 bridgehead atoms. The molecule has 3 fully saturated rings. The maximum absolute atomic E-state index is 13.3. The highest BCUT2D eigenvalue weighted by molar-refractivity contribution is 5.75. The number of hydrogen-bond donors (Lipinski definition) is 0. The molecule has 1 atom stereocenters. The Balaban J connectivity index is 1.26. The summed E-state index contributed by atoms with van der Waals surface area (Å²) in [7, 11) is 0. The van der Waals surface area contributed by atoms with Crippen LogP contribution in [0.3, 0.4) is 0 Å². The van der Waals surface area contributed by atoms with Gasteiger partial charge in [0.1, 0.15) is 22.7 Å². The normalized spacial score (nSPS) is 21.7.